The van der Waals surface area contributed by atoms with Gasteiger partial charge in [-0.2, -0.15) is 12.7 Å². The van der Waals surface area contributed by atoms with Crippen LogP contribution in [0.25, 0.3) is 11.1 Å². The Hall–Kier alpha value is -2.69. The summed E-state index contributed by atoms with van der Waals surface area (Å²) >= 11 is 0. The number of amides is 2. The molecule has 178 valence electrons. The molecular formula is C23H31N5O4S. The molecule has 10 heteroatoms. The number of hydrogen-bond acceptors (Lipinski definition) is 6. The van der Waals surface area contributed by atoms with Crippen LogP contribution >= 0.6 is 0 Å². The van der Waals surface area contributed by atoms with Gasteiger partial charge in [0.05, 0.1) is 12.8 Å². The van der Waals surface area contributed by atoms with E-state index in [2.05, 4.69) is 26.0 Å². The lowest BCUT2D eigenvalue weighted by molar-refractivity contribution is 0.253. The summed E-state index contributed by atoms with van der Waals surface area (Å²) in [6, 6.07) is 7.03. The maximum atomic E-state index is 12.9. The van der Waals surface area contributed by atoms with Crippen LogP contribution < -0.4 is 14.8 Å². The number of methoxy groups -OCH3 is 1. The quantitative estimate of drug-likeness (QED) is 0.641. The van der Waals surface area contributed by atoms with E-state index in [4.69, 9.17) is 4.74 Å². The number of urea groups is 1. The molecular weight excluding hydrogens is 442 g/mol. The van der Waals surface area contributed by atoms with Gasteiger partial charge in [-0.05, 0) is 68.5 Å². The summed E-state index contributed by atoms with van der Waals surface area (Å²) in [6.07, 6.45) is 6.38. The van der Waals surface area contributed by atoms with Crippen LogP contribution in [0.15, 0.2) is 30.5 Å². The van der Waals surface area contributed by atoms with Gasteiger partial charge >= 0.3 is 16.2 Å². The van der Waals surface area contributed by atoms with E-state index in [0.717, 1.165) is 55.3 Å². The molecule has 1 saturated heterocycles. The largest absolute Gasteiger partial charge is 0.481 e. The molecule has 1 aliphatic carbocycles. The fourth-order valence-corrected chi connectivity index (χ4v) is 5.49. The van der Waals surface area contributed by atoms with Gasteiger partial charge in [0.2, 0.25) is 5.88 Å². The van der Waals surface area contributed by atoms with Crippen molar-refractivity contribution in [2.24, 2.45) is 0 Å². The van der Waals surface area contributed by atoms with Crippen molar-refractivity contribution in [2.75, 3.05) is 39.6 Å². The lowest BCUT2D eigenvalue weighted by Gasteiger charge is -2.25. The number of likely N-dealkylation sites (N-methyl/N-ethyl adjacent to an activating group) is 2. The zero-order valence-electron chi connectivity index (χ0n) is 19.3. The van der Waals surface area contributed by atoms with Crippen molar-refractivity contribution >= 4 is 21.9 Å². The zero-order valence-corrected chi connectivity index (χ0v) is 20.1. The van der Waals surface area contributed by atoms with Crippen LogP contribution in [-0.4, -0.2) is 69.0 Å². The molecule has 1 aliphatic heterocycles. The van der Waals surface area contributed by atoms with E-state index in [0.29, 0.717) is 18.1 Å². The first-order valence-corrected chi connectivity index (χ1v) is 12.6. The number of hydrogen-bond donors (Lipinski definition) is 2. The Balaban J connectivity index is 1.55. The summed E-state index contributed by atoms with van der Waals surface area (Å²) in [4.78, 5) is 19.2. The first-order valence-electron chi connectivity index (χ1n) is 11.2. The van der Waals surface area contributed by atoms with Crippen LogP contribution in [0.4, 0.5) is 10.5 Å². The van der Waals surface area contributed by atoms with Crippen molar-refractivity contribution in [3.8, 4) is 17.0 Å². The van der Waals surface area contributed by atoms with Crippen LogP contribution in [0.3, 0.4) is 0 Å². The van der Waals surface area contributed by atoms with Gasteiger partial charge in [0.1, 0.15) is 0 Å². The Labute approximate surface area is 195 Å². The molecule has 2 heterocycles. The molecule has 0 spiro atoms. The van der Waals surface area contributed by atoms with E-state index in [1.54, 1.807) is 19.4 Å². The lowest BCUT2D eigenvalue weighted by Crippen LogP contribution is -2.47. The first kappa shape index (κ1) is 23.5. The number of aryl methyl sites for hydroxylation is 1. The number of nitrogens with zero attached hydrogens (tertiary/aromatic N) is 3. The molecule has 4 rings (SSSR count). The molecule has 2 amide bonds. The summed E-state index contributed by atoms with van der Waals surface area (Å²) in [5.74, 6) is 0.462. The van der Waals surface area contributed by atoms with E-state index in [1.807, 2.05) is 19.2 Å². The third-order valence-corrected chi connectivity index (χ3v) is 7.96. The van der Waals surface area contributed by atoms with Gasteiger partial charge in [0, 0.05) is 37.5 Å². The highest BCUT2D eigenvalue weighted by Crippen LogP contribution is 2.38. The van der Waals surface area contributed by atoms with Crippen molar-refractivity contribution in [3.63, 3.8) is 0 Å². The fraction of sp³-hybridized carbons (Fsp3) is 0.478. The number of ether oxygens (including phenoxy) is 1. The molecule has 1 atom stereocenters. The topological polar surface area (TPSA) is 104 Å². The predicted molar refractivity (Wildman–Crippen MR) is 128 cm³/mol. The number of fused-ring (bicyclic) bond motifs is 1. The van der Waals surface area contributed by atoms with Gasteiger partial charge in [0.25, 0.3) is 0 Å². The Morgan fingerprint density at radius 2 is 2.09 bits per heavy atom. The number of carbonyl (C=O) groups excluding carboxylic acids is 1. The smallest absolute Gasteiger partial charge is 0.333 e. The monoisotopic (exact) mass is 473 g/mol. The molecule has 0 radical (unpaired) electrons. The lowest BCUT2D eigenvalue weighted by atomic mass is 9.98. The van der Waals surface area contributed by atoms with Crippen LogP contribution in [0.5, 0.6) is 5.88 Å². The molecule has 0 saturated carbocycles. The van der Waals surface area contributed by atoms with Crippen molar-refractivity contribution < 1.29 is 17.9 Å². The van der Waals surface area contributed by atoms with E-state index >= 15 is 0 Å². The molecule has 2 aromatic rings. The molecule has 0 bridgehead atoms. The van der Waals surface area contributed by atoms with E-state index < -0.39 is 16.2 Å². The van der Waals surface area contributed by atoms with Crippen molar-refractivity contribution in [1.82, 2.24) is 18.9 Å². The minimum Gasteiger partial charge on any atom is -0.481 e. The number of rotatable bonds is 7. The molecule has 33 heavy (non-hydrogen) atoms. The highest BCUT2D eigenvalue weighted by atomic mass is 32.2. The Kier molecular flexibility index (Phi) is 6.87. The Bertz CT molecular complexity index is 1140. The molecule has 1 unspecified atom stereocenters. The predicted octanol–water partition coefficient (Wildman–Crippen LogP) is 2.64. The minimum absolute atomic E-state index is 0.153. The van der Waals surface area contributed by atoms with Gasteiger partial charge in [-0.3, -0.25) is 0 Å². The van der Waals surface area contributed by atoms with Gasteiger partial charge in [-0.25, -0.2) is 14.5 Å². The average molecular weight is 474 g/mol. The second-order valence-electron chi connectivity index (χ2n) is 8.68. The van der Waals surface area contributed by atoms with Crippen LogP contribution in [-0.2, 0) is 23.1 Å². The number of nitrogens with one attached hydrogen (secondary N) is 2. The van der Waals surface area contributed by atoms with E-state index in [9.17, 15) is 13.2 Å². The summed E-state index contributed by atoms with van der Waals surface area (Å²) in [6.45, 7) is 1.29. The molecule has 1 aromatic carbocycles. The third-order valence-electron chi connectivity index (χ3n) is 6.55. The first-order chi connectivity index (χ1) is 15.8. The summed E-state index contributed by atoms with van der Waals surface area (Å²) in [5, 5.41) is 2.83. The van der Waals surface area contributed by atoms with E-state index in [1.165, 1.54) is 16.9 Å². The summed E-state index contributed by atoms with van der Waals surface area (Å²) < 4.78 is 34.3. The highest BCUT2D eigenvalue weighted by Gasteiger charge is 2.29. The second-order valence-corrected chi connectivity index (χ2v) is 10.5. The number of carbonyl (C=O) groups is 1. The second kappa shape index (κ2) is 9.66. The molecule has 2 N–H and O–H groups in total. The summed E-state index contributed by atoms with van der Waals surface area (Å²) in [7, 11) is 1.06. The number of anilines is 1. The minimum atomic E-state index is -3.98. The summed E-state index contributed by atoms with van der Waals surface area (Å²) in [5.41, 5.74) is 4.46. The standard InChI is InChI=1S/C23H31N5O4S/c1-27-13-5-7-18(27)15-28(2)33(30,31)26-23(29)25-22-19-8-4-6-16(19)9-10-20(22)17-11-12-24-21(14-17)32-3/h9-12,14,18H,4-8,13,15H2,1-3H3,(H2,25,26,29). The fourth-order valence-electron chi connectivity index (χ4n) is 4.68. The highest BCUT2D eigenvalue weighted by molar-refractivity contribution is 7.87. The number of benzene rings is 1. The molecule has 1 aromatic heterocycles. The molecule has 9 nitrogen and oxygen atoms in total. The van der Waals surface area contributed by atoms with Gasteiger partial charge in [-0.15, -0.1) is 0 Å². The normalized spacial score (nSPS) is 18.4. The van der Waals surface area contributed by atoms with Gasteiger partial charge in [-0.1, -0.05) is 12.1 Å². The van der Waals surface area contributed by atoms with Crippen LogP contribution in [0.2, 0.25) is 0 Å². The number of aromatic nitrogens is 1. The molecule has 1 fully saturated rings. The van der Waals surface area contributed by atoms with Crippen molar-refractivity contribution in [2.45, 2.75) is 38.1 Å². The zero-order chi connectivity index (χ0) is 23.6. The SMILES string of the molecule is COc1cc(-c2ccc3c(c2NC(=O)NS(=O)(=O)N(C)CC2CCCN2C)CCC3)ccn1. The molecule has 2 aliphatic rings. The van der Waals surface area contributed by atoms with Crippen molar-refractivity contribution in [1.29, 1.82) is 0 Å². The third kappa shape index (κ3) is 5.13. The number of pyridine rings is 1. The van der Waals surface area contributed by atoms with Gasteiger partial charge < -0.3 is 15.0 Å². The van der Waals surface area contributed by atoms with Crippen LogP contribution in [0.1, 0.15) is 30.4 Å². The number of likely N-dealkylation sites (tertiary alicyclic amines) is 1. The maximum absolute atomic E-state index is 12.9. The average Bonchev–Trinajstić information content (AvgIpc) is 3.42. The van der Waals surface area contributed by atoms with Crippen LogP contribution in [0, 0.1) is 0 Å². The Morgan fingerprint density at radius 1 is 1.27 bits per heavy atom. The van der Waals surface area contributed by atoms with Crippen molar-refractivity contribution in [3.05, 3.63) is 41.6 Å². The van der Waals surface area contributed by atoms with E-state index in [-0.39, 0.29) is 6.04 Å². The maximum Gasteiger partial charge on any atom is 0.333 e. The Morgan fingerprint density at radius 3 is 2.82 bits per heavy atom. The van der Waals surface area contributed by atoms with Gasteiger partial charge in [0.15, 0.2) is 0 Å².